The van der Waals surface area contributed by atoms with E-state index >= 15 is 0 Å². The molecular formula is C27H24ClF4N3O2S. The van der Waals surface area contributed by atoms with E-state index < -0.39 is 60.3 Å². The normalized spacial score (nSPS) is 18.3. The van der Waals surface area contributed by atoms with E-state index in [1.54, 1.807) is 24.3 Å². The zero-order valence-electron chi connectivity index (χ0n) is 19.9. The van der Waals surface area contributed by atoms with Gasteiger partial charge in [0, 0.05) is 47.6 Å². The molecule has 0 spiro atoms. The summed E-state index contributed by atoms with van der Waals surface area (Å²) in [6.45, 7) is 0. The summed E-state index contributed by atoms with van der Waals surface area (Å²) in [7, 11) is 0. The lowest BCUT2D eigenvalue weighted by molar-refractivity contribution is -0.132. The van der Waals surface area contributed by atoms with Gasteiger partial charge < -0.3 is 10.6 Å². The Hall–Kier alpha value is -3.24. The number of nitrogens with zero attached hydrogens (tertiary/aromatic N) is 1. The van der Waals surface area contributed by atoms with Crippen molar-refractivity contribution < 1.29 is 27.2 Å². The molecule has 2 atom stereocenters. The molecule has 0 aromatic heterocycles. The van der Waals surface area contributed by atoms with E-state index in [0.717, 1.165) is 28.3 Å². The highest BCUT2D eigenvalue weighted by atomic mass is 35.5. The van der Waals surface area contributed by atoms with Crippen molar-refractivity contribution in [2.24, 2.45) is 0 Å². The molecule has 2 aliphatic rings. The van der Waals surface area contributed by atoms with Crippen LogP contribution in [0.25, 0.3) is 0 Å². The molecule has 0 unspecified atom stereocenters. The highest BCUT2D eigenvalue weighted by Gasteiger charge is 2.47. The first-order chi connectivity index (χ1) is 17.6. The minimum absolute atomic E-state index is 0. The lowest BCUT2D eigenvalue weighted by Crippen LogP contribution is -2.55. The molecule has 2 N–H and O–H groups in total. The molecule has 1 fully saturated rings. The molecule has 1 saturated carbocycles. The number of carbonyl (C=O) groups excluding carboxylic acids is 2. The summed E-state index contributed by atoms with van der Waals surface area (Å²) in [4.78, 5) is 28.6. The van der Waals surface area contributed by atoms with Crippen molar-refractivity contribution in [1.82, 2.24) is 5.32 Å². The van der Waals surface area contributed by atoms with Crippen molar-refractivity contribution in [1.29, 1.82) is 0 Å². The van der Waals surface area contributed by atoms with Gasteiger partial charge >= 0.3 is 0 Å². The van der Waals surface area contributed by atoms with E-state index in [1.807, 2.05) is 12.1 Å². The first kappa shape index (κ1) is 27.8. The van der Waals surface area contributed by atoms with Crippen LogP contribution in [-0.2, 0) is 16.0 Å². The highest BCUT2D eigenvalue weighted by molar-refractivity contribution is 7.59. The standard InChI is InChI=1S/C27H22ClF4N3O2.H2S/c28-21-7-3-2-6-20(21)24(25(36)33-18-13-27(31,32)14-18)35(19-11-16(29)10-17(30)12-19)26(37)23-9-15-5-1-4-8-22(15)34-23;/h1-8,10-12,18,23-24,34H,9,13-14H2,(H,33,36);1H2/t23-,24+;/m0./s1. The number of para-hydroxylation sites is 1. The second-order valence-corrected chi connectivity index (χ2v) is 9.70. The summed E-state index contributed by atoms with van der Waals surface area (Å²) in [6.07, 6.45) is -0.818. The second kappa shape index (κ2) is 10.9. The minimum atomic E-state index is -2.89. The number of hydrogen-bond donors (Lipinski definition) is 2. The number of benzene rings is 3. The molecule has 0 saturated heterocycles. The molecule has 5 rings (SSSR count). The third-order valence-corrected chi connectivity index (χ3v) is 6.92. The zero-order valence-corrected chi connectivity index (χ0v) is 21.6. The number of halogens is 5. The van der Waals surface area contributed by atoms with E-state index in [9.17, 15) is 27.2 Å². The lowest BCUT2D eigenvalue weighted by Gasteiger charge is -2.38. The fraction of sp³-hybridized carbons (Fsp3) is 0.259. The number of amides is 2. The van der Waals surface area contributed by atoms with Crippen LogP contribution >= 0.6 is 25.1 Å². The monoisotopic (exact) mass is 565 g/mol. The van der Waals surface area contributed by atoms with Gasteiger partial charge in [-0.3, -0.25) is 14.5 Å². The number of anilines is 2. The second-order valence-electron chi connectivity index (χ2n) is 9.29. The molecule has 0 bridgehead atoms. The van der Waals surface area contributed by atoms with Crippen molar-refractivity contribution in [3.63, 3.8) is 0 Å². The number of carbonyl (C=O) groups is 2. The van der Waals surface area contributed by atoms with E-state index in [4.69, 9.17) is 11.6 Å². The number of fused-ring (bicyclic) bond motifs is 1. The van der Waals surface area contributed by atoms with Crippen LogP contribution in [0, 0.1) is 11.6 Å². The van der Waals surface area contributed by atoms with Gasteiger partial charge in [-0.1, -0.05) is 48.0 Å². The van der Waals surface area contributed by atoms with Crippen LogP contribution in [0.3, 0.4) is 0 Å². The van der Waals surface area contributed by atoms with Crippen molar-refractivity contribution in [2.75, 3.05) is 10.2 Å². The van der Waals surface area contributed by atoms with Gasteiger partial charge in [-0.2, -0.15) is 13.5 Å². The molecule has 0 radical (unpaired) electrons. The summed E-state index contributed by atoms with van der Waals surface area (Å²) < 4.78 is 55.6. The number of nitrogens with one attached hydrogen (secondary N) is 2. The van der Waals surface area contributed by atoms with E-state index in [-0.39, 0.29) is 36.2 Å². The maximum Gasteiger partial charge on any atom is 0.252 e. The molecule has 3 aromatic rings. The SMILES string of the molecule is O=C(NC1CC(F)(F)C1)[C@@H](c1ccccc1Cl)N(C(=O)[C@@H]1Cc2ccccc2N1)c1cc(F)cc(F)c1.S. The van der Waals surface area contributed by atoms with Crippen molar-refractivity contribution >= 4 is 48.3 Å². The van der Waals surface area contributed by atoms with Gasteiger partial charge in [-0.05, 0) is 29.8 Å². The Labute approximate surface area is 228 Å². The molecule has 38 heavy (non-hydrogen) atoms. The summed E-state index contributed by atoms with van der Waals surface area (Å²) in [5, 5.41) is 5.79. The fourth-order valence-electron chi connectivity index (χ4n) is 4.83. The average Bonchev–Trinajstić information content (AvgIpc) is 3.25. The van der Waals surface area contributed by atoms with E-state index in [2.05, 4.69) is 10.6 Å². The highest BCUT2D eigenvalue weighted by Crippen LogP contribution is 2.39. The Morgan fingerprint density at radius 3 is 2.26 bits per heavy atom. The predicted molar refractivity (Wildman–Crippen MR) is 142 cm³/mol. The number of alkyl halides is 2. The predicted octanol–water partition coefficient (Wildman–Crippen LogP) is 5.76. The quantitative estimate of drug-likeness (QED) is 0.374. The molecule has 1 heterocycles. The van der Waals surface area contributed by atoms with Crippen molar-refractivity contribution in [3.05, 3.63) is 94.5 Å². The van der Waals surface area contributed by atoms with Gasteiger partial charge in [0.1, 0.15) is 23.7 Å². The summed E-state index contributed by atoms with van der Waals surface area (Å²) in [6, 6.07) is 12.9. The van der Waals surface area contributed by atoms with Crippen LogP contribution < -0.4 is 15.5 Å². The van der Waals surface area contributed by atoms with Gasteiger partial charge in [0.2, 0.25) is 5.91 Å². The van der Waals surface area contributed by atoms with Crippen molar-refractivity contribution in [2.45, 2.75) is 43.3 Å². The molecule has 11 heteroatoms. The maximum absolute atomic E-state index is 14.3. The van der Waals surface area contributed by atoms with Gasteiger partial charge in [0.15, 0.2) is 0 Å². The van der Waals surface area contributed by atoms with Crippen molar-refractivity contribution in [3.8, 4) is 0 Å². The minimum Gasteiger partial charge on any atom is -0.373 e. The van der Waals surface area contributed by atoms with Crippen LogP contribution in [0.5, 0.6) is 0 Å². The van der Waals surface area contributed by atoms with Gasteiger partial charge in [0.25, 0.3) is 11.8 Å². The Morgan fingerprint density at radius 2 is 1.63 bits per heavy atom. The Morgan fingerprint density at radius 1 is 1.00 bits per heavy atom. The van der Waals surface area contributed by atoms with Gasteiger partial charge in [0.05, 0.1) is 5.69 Å². The average molecular weight is 566 g/mol. The van der Waals surface area contributed by atoms with Crippen LogP contribution in [0.2, 0.25) is 5.02 Å². The van der Waals surface area contributed by atoms with Crippen LogP contribution in [0.4, 0.5) is 28.9 Å². The maximum atomic E-state index is 14.3. The Balaban J connectivity index is 0.00000336. The topological polar surface area (TPSA) is 61.4 Å². The first-order valence-electron chi connectivity index (χ1n) is 11.7. The molecule has 3 aromatic carbocycles. The number of rotatable bonds is 6. The summed E-state index contributed by atoms with van der Waals surface area (Å²) in [5.74, 6) is -6.22. The zero-order chi connectivity index (χ0) is 26.3. The largest absolute Gasteiger partial charge is 0.373 e. The molecule has 2 amide bonds. The van der Waals surface area contributed by atoms with Crippen LogP contribution in [0.1, 0.15) is 30.0 Å². The molecule has 200 valence electrons. The van der Waals surface area contributed by atoms with E-state index in [0.29, 0.717) is 6.07 Å². The molecule has 5 nitrogen and oxygen atoms in total. The van der Waals surface area contributed by atoms with E-state index in [1.165, 1.54) is 12.1 Å². The number of hydrogen-bond acceptors (Lipinski definition) is 3. The third-order valence-electron chi connectivity index (χ3n) is 6.57. The summed E-state index contributed by atoms with van der Waals surface area (Å²) >= 11 is 6.42. The van der Waals surface area contributed by atoms with Gasteiger partial charge in [-0.25, -0.2) is 17.6 Å². The third kappa shape index (κ3) is 5.61. The molecular weight excluding hydrogens is 542 g/mol. The van der Waals surface area contributed by atoms with Gasteiger partial charge in [-0.15, -0.1) is 0 Å². The lowest BCUT2D eigenvalue weighted by atomic mass is 9.87. The van der Waals surface area contributed by atoms with Crippen LogP contribution in [0.15, 0.2) is 66.7 Å². The Bertz CT molecular complexity index is 1320. The Kier molecular flexibility index (Phi) is 7.94. The van der Waals surface area contributed by atoms with Crippen LogP contribution in [-0.4, -0.2) is 29.8 Å². The molecule has 1 aliphatic heterocycles. The molecule has 1 aliphatic carbocycles. The summed E-state index contributed by atoms with van der Waals surface area (Å²) in [5.41, 5.74) is 1.56. The smallest absolute Gasteiger partial charge is 0.252 e. The fourth-order valence-corrected chi connectivity index (χ4v) is 5.07. The first-order valence-corrected chi connectivity index (χ1v) is 12.1.